The van der Waals surface area contributed by atoms with Crippen molar-refractivity contribution in [2.24, 2.45) is 0 Å². The number of benzene rings is 3. The van der Waals surface area contributed by atoms with Crippen molar-refractivity contribution in [2.75, 3.05) is 4.72 Å². The van der Waals surface area contributed by atoms with Gasteiger partial charge in [-0.25, -0.2) is 8.42 Å². The molecule has 0 heterocycles. The molecule has 0 saturated heterocycles. The second-order valence-electron chi connectivity index (χ2n) is 5.33. The molecule has 0 aliphatic heterocycles. The summed E-state index contributed by atoms with van der Waals surface area (Å²) < 4.78 is 28.0. The molecule has 0 amide bonds. The largest absolute Gasteiger partial charge is 0.295 e. The molecule has 0 aromatic heterocycles. The predicted octanol–water partition coefficient (Wildman–Crippen LogP) is 4.50. The van der Waals surface area contributed by atoms with Gasteiger partial charge in [-0.05, 0) is 43.3 Å². The lowest BCUT2D eigenvalue weighted by atomic mass is 10.1. The summed E-state index contributed by atoms with van der Waals surface area (Å²) >= 11 is 6.14. The van der Waals surface area contributed by atoms with E-state index in [9.17, 15) is 13.2 Å². The van der Waals surface area contributed by atoms with E-state index in [1.54, 1.807) is 54.6 Å². The van der Waals surface area contributed by atoms with Gasteiger partial charge in [0.25, 0.3) is 10.0 Å². The number of halogens is 1. The minimum atomic E-state index is -3.78. The Morgan fingerprint density at radius 2 is 1.54 bits per heavy atom. The Kier molecular flexibility index (Phi) is 4.30. The van der Waals surface area contributed by atoms with E-state index in [4.69, 9.17) is 11.6 Å². The minimum Gasteiger partial charge on any atom is -0.295 e. The van der Waals surface area contributed by atoms with E-state index in [1.165, 1.54) is 13.0 Å². The van der Waals surface area contributed by atoms with Crippen LogP contribution < -0.4 is 4.72 Å². The highest BCUT2D eigenvalue weighted by atomic mass is 35.5. The number of fused-ring (bicyclic) bond motifs is 1. The van der Waals surface area contributed by atoms with Crippen LogP contribution in [0.15, 0.2) is 65.6 Å². The maximum absolute atomic E-state index is 12.7. The minimum absolute atomic E-state index is 0.0758. The molecule has 0 aliphatic carbocycles. The summed E-state index contributed by atoms with van der Waals surface area (Å²) in [6, 6.07) is 16.4. The van der Waals surface area contributed by atoms with Crippen LogP contribution in [-0.4, -0.2) is 14.2 Å². The monoisotopic (exact) mass is 359 g/mol. The first-order valence-corrected chi connectivity index (χ1v) is 9.06. The molecule has 3 aromatic rings. The zero-order chi connectivity index (χ0) is 17.3. The molecule has 24 heavy (non-hydrogen) atoms. The van der Waals surface area contributed by atoms with Crippen molar-refractivity contribution in [3.8, 4) is 0 Å². The van der Waals surface area contributed by atoms with Gasteiger partial charge in [0.15, 0.2) is 5.78 Å². The number of hydrogen-bond donors (Lipinski definition) is 1. The van der Waals surface area contributed by atoms with Crippen molar-refractivity contribution in [3.63, 3.8) is 0 Å². The summed E-state index contributed by atoms with van der Waals surface area (Å²) in [6.45, 7) is 1.46. The fraction of sp³-hybridized carbons (Fsp3) is 0.0556. The van der Waals surface area contributed by atoms with Crippen LogP contribution in [0.2, 0.25) is 5.02 Å². The number of hydrogen-bond acceptors (Lipinski definition) is 3. The van der Waals surface area contributed by atoms with Gasteiger partial charge in [-0.1, -0.05) is 35.9 Å². The number of ketones is 1. The van der Waals surface area contributed by atoms with Gasteiger partial charge in [0.05, 0.1) is 4.90 Å². The normalized spacial score (nSPS) is 11.4. The van der Waals surface area contributed by atoms with Crippen LogP contribution in [-0.2, 0) is 10.0 Å². The van der Waals surface area contributed by atoms with Gasteiger partial charge in [-0.15, -0.1) is 0 Å². The molecular formula is C18H14ClNO3S. The SMILES string of the molecule is CC(=O)c1ccc(NS(=O)(=O)c2ccc(Cl)c3ccccc23)cc1. The van der Waals surface area contributed by atoms with Gasteiger partial charge in [0, 0.05) is 27.0 Å². The fourth-order valence-corrected chi connectivity index (χ4v) is 3.95. The van der Waals surface area contributed by atoms with Crippen LogP contribution in [0.5, 0.6) is 0 Å². The number of anilines is 1. The molecule has 0 aliphatic rings. The smallest absolute Gasteiger partial charge is 0.262 e. The molecule has 122 valence electrons. The van der Waals surface area contributed by atoms with Crippen molar-refractivity contribution >= 4 is 43.9 Å². The maximum atomic E-state index is 12.7. The zero-order valence-corrected chi connectivity index (χ0v) is 14.4. The molecule has 0 spiro atoms. The Bertz CT molecular complexity index is 1030. The van der Waals surface area contributed by atoms with Gasteiger partial charge in [-0.3, -0.25) is 9.52 Å². The second-order valence-corrected chi connectivity index (χ2v) is 7.39. The first-order valence-electron chi connectivity index (χ1n) is 7.19. The van der Waals surface area contributed by atoms with E-state index < -0.39 is 10.0 Å². The molecule has 1 N–H and O–H groups in total. The molecule has 3 aromatic carbocycles. The molecule has 0 bridgehead atoms. The molecule has 4 nitrogen and oxygen atoms in total. The zero-order valence-electron chi connectivity index (χ0n) is 12.8. The van der Waals surface area contributed by atoms with Crippen molar-refractivity contribution < 1.29 is 13.2 Å². The Morgan fingerprint density at radius 1 is 0.917 bits per heavy atom. The Labute approximate surface area is 145 Å². The van der Waals surface area contributed by atoms with Crippen LogP contribution in [0.25, 0.3) is 10.8 Å². The third-order valence-electron chi connectivity index (χ3n) is 3.66. The van der Waals surface area contributed by atoms with E-state index in [1.807, 2.05) is 0 Å². The van der Waals surface area contributed by atoms with E-state index in [0.717, 1.165) is 0 Å². The van der Waals surface area contributed by atoms with Crippen LogP contribution in [0.4, 0.5) is 5.69 Å². The quantitative estimate of drug-likeness (QED) is 0.698. The van der Waals surface area contributed by atoms with Crippen LogP contribution in [0, 0.1) is 0 Å². The molecule has 0 fully saturated rings. The number of carbonyl (C=O) groups is 1. The summed E-state index contributed by atoms with van der Waals surface area (Å²) in [7, 11) is -3.78. The molecule has 0 atom stereocenters. The van der Waals surface area contributed by atoms with Gasteiger partial charge < -0.3 is 0 Å². The van der Waals surface area contributed by atoms with Crippen LogP contribution >= 0.6 is 11.6 Å². The molecule has 0 saturated carbocycles. The summed E-state index contributed by atoms with van der Waals surface area (Å²) in [5, 5.41) is 1.72. The topological polar surface area (TPSA) is 63.2 Å². The second kappa shape index (κ2) is 6.26. The lowest BCUT2D eigenvalue weighted by Crippen LogP contribution is -2.13. The Hall–Kier alpha value is -2.37. The van der Waals surface area contributed by atoms with Gasteiger partial charge in [0.2, 0.25) is 0 Å². The summed E-state index contributed by atoms with van der Waals surface area (Å²) in [4.78, 5) is 11.4. The molecule has 6 heteroatoms. The van der Waals surface area contributed by atoms with Crippen molar-refractivity contribution in [3.05, 3.63) is 71.2 Å². The number of sulfonamides is 1. The fourth-order valence-electron chi connectivity index (χ4n) is 2.45. The molecule has 3 rings (SSSR count). The summed E-state index contributed by atoms with van der Waals surface area (Å²) in [5.41, 5.74) is 0.911. The average Bonchev–Trinajstić information content (AvgIpc) is 2.55. The molecular weight excluding hydrogens is 346 g/mol. The van der Waals surface area contributed by atoms with E-state index >= 15 is 0 Å². The number of carbonyl (C=O) groups excluding carboxylic acids is 1. The van der Waals surface area contributed by atoms with Crippen LogP contribution in [0.3, 0.4) is 0 Å². The first kappa shape index (κ1) is 16.5. The number of Topliss-reactive ketones (excluding diaryl/α,β-unsaturated/α-hetero) is 1. The summed E-state index contributed by atoms with van der Waals surface area (Å²) in [6.07, 6.45) is 0. The maximum Gasteiger partial charge on any atom is 0.262 e. The first-order chi connectivity index (χ1) is 11.4. The third-order valence-corrected chi connectivity index (χ3v) is 5.43. The van der Waals surface area contributed by atoms with Crippen molar-refractivity contribution in [1.29, 1.82) is 0 Å². The lowest BCUT2D eigenvalue weighted by molar-refractivity contribution is 0.101. The molecule has 0 radical (unpaired) electrons. The Morgan fingerprint density at radius 3 is 2.17 bits per heavy atom. The van der Waals surface area contributed by atoms with Crippen molar-refractivity contribution in [1.82, 2.24) is 0 Å². The highest BCUT2D eigenvalue weighted by Crippen LogP contribution is 2.30. The van der Waals surface area contributed by atoms with Gasteiger partial charge in [0.1, 0.15) is 0 Å². The summed E-state index contributed by atoms with van der Waals surface area (Å²) in [5.74, 6) is -0.0758. The standard InChI is InChI=1S/C18H14ClNO3S/c1-12(21)13-6-8-14(9-7-13)20-24(22,23)18-11-10-17(19)15-4-2-3-5-16(15)18/h2-11,20H,1H3. The van der Waals surface area contributed by atoms with E-state index in [-0.39, 0.29) is 10.7 Å². The number of nitrogens with one attached hydrogen (secondary N) is 1. The molecule has 0 unspecified atom stereocenters. The van der Waals surface area contributed by atoms with Gasteiger partial charge in [-0.2, -0.15) is 0 Å². The van der Waals surface area contributed by atoms with E-state index in [0.29, 0.717) is 27.0 Å². The van der Waals surface area contributed by atoms with Crippen LogP contribution in [0.1, 0.15) is 17.3 Å². The lowest BCUT2D eigenvalue weighted by Gasteiger charge is -2.11. The average molecular weight is 360 g/mol. The predicted molar refractivity (Wildman–Crippen MR) is 96.2 cm³/mol. The third kappa shape index (κ3) is 3.13. The highest BCUT2D eigenvalue weighted by molar-refractivity contribution is 7.93. The highest BCUT2D eigenvalue weighted by Gasteiger charge is 2.18. The van der Waals surface area contributed by atoms with E-state index in [2.05, 4.69) is 4.72 Å². The van der Waals surface area contributed by atoms with Gasteiger partial charge >= 0.3 is 0 Å². The Balaban J connectivity index is 2.02. The van der Waals surface area contributed by atoms with Crippen molar-refractivity contribution in [2.45, 2.75) is 11.8 Å². The number of rotatable bonds is 4.